The molecule has 2 rings (SSSR count). The summed E-state index contributed by atoms with van der Waals surface area (Å²) in [4.78, 5) is 16.1. The fourth-order valence-corrected chi connectivity index (χ4v) is 3.42. The number of aliphatic hydroxyl groups excluding tert-OH is 1. The average molecular weight is 307 g/mol. The molecule has 0 saturated carbocycles. The summed E-state index contributed by atoms with van der Waals surface area (Å²) in [5.74, 6) is 5.98. The van der Waals surface area contributed by atoms with Crippen LogP contribution in [-0.4, -0.2) is 47.8 Å². The van der Waals surface area contributed by atoms with E-state index >= 15 is 0 Å². The summed E-state index contributed by atoms with van der Waals surface area (Å²) in [6, 6.07) is 1.90. The summed E-state index contributed by atoms with van der Waals surface area (Å²) in [6.45, 7) is 7.26. The van der Waals surface area contributed by atoms with Gasteiger partial charge in [-0.3, -0.25) is 4.79 Å². The molecule has 21 heavy (non-hydrogen) atoms. The van der Waals surface area contributed by atoms with Gasteiger partial charge in [0.15, 0.2) is 0 Å². The standard InChI is InChI=1S/C16H21NO3S/c1-11-8-15(21-14(11)6-4-5-7-18)16(19)17-9-12(2)20-13(3)10-17/h8,12-13,18H,5,7,9-10H2,1-3H3. The van der Waals surface area contributed by atoms with Gasteiger partial charge in [0.1, 0.15) is 0 Å². The Morgan fingerprint density at radius 3 is 2.76 bits per heavy atom. The van der Waals surface area contributed by atoms with E-state index < -0.39 is 0 Å². The van der Waals surface area contributed by atoms with Crippen molar-refractivity contribution in [2.75, 3.05) is 19.7 Å². The Kier molecular flexibility index (Phi) is 5.40. The van der Waals surface area contributed by atoms with Gasteiger partial charge in [-0.15, -0.1) is 11.3 Å². The van der Waals surface area contributed by atoms with Gasteiger partial charge in [0.05, 0.1) is 28.6 Å². The van der Waals surface area contributed by atoms with Gasteiger partial charge in [0.25, 0.3) is 5.91 Å². The fourth-order valence-electron chi connectivity index (χ4n) is 2.41. The third kappa shape index (κ3) is 4.07. The Morgan fingerprint density at radius 2 is 2.14 bits per heavy atom. The number of hydrogen-bond donors (Lipinski definition) is 1. The third-order valence-electron chi connectivity index (χ3n) is 3.27. The van der Waals surface area contributed by atoms with Gasteiger partial charge in [0.2, 0.25) is 0 Å². The number of carbonyl (C=O) groups is 1. The van der Waals surface area contributed by atoms with E-state index in [-0.39, 0.29) is 24.7 Å². The second kappa shape index (κ2) is 7.08. The first-order valence-electron chi connectivity index (χ1n) is 7.16. The summed E-state index contributed by atoms with van der Waals surface area (Å²) in [5.41, 5.74) is 1.02. The molecule has 1 N–H and O–H groups in total. The molecule has 2 heterocycles. The van der Waals surface area contributed by atoms with Crippen LogP contribution in [0, 0.1) is 18.8 Å². The highest BCUT2D eigenvalue weighted by molar-refractivity contribution is 7.14. The van der Waals surface area contributed by atoms with E-state index in [9.17, 15) is 4.79 Å². The molecule has 1 saturated heterocycles. The molecule has 0 radical (unpaired) electrons. The number of thiophene rings is 1. The maximum Gasteiger partial charge on any atom is 0.264 e. The highest BCUT2D eigenvalue weighted by atomic mass is 32.1. The largest absolute Gasteiger partial charge is 0.395 e. The van der Waals surface area contributed by atoms with Crippen molar-refractivity contribution in [3.8, 4) is 11.8 Å². The predicted octanol–water partition coefficient (Wildman–Crippen LogP) is 2.04. The van der Waals surface area contributed by atoms with E-state index in [4.69, 9.17) is 9.84 Å². The van der Waals surface area contributed by atoms with Crippen molar-refractivity contribution in [1.29, 1.82) is 0 Å². The molecule has 0 bridgehead atoms. The van der Waals surface area contributed by atoms with Crippen molar-refractivity contribution in [1.82, 2.24) is 4.90 Å². The zero-order valence-electron chi connectivity index (χ0n) is 12.7. The Balaban J connectivity index is 2.13. The Hall–Kier alpha value is -1.35. The van der Waals surface area contributed by atoms with E-state index in [1.54, 1.807) is 0 Å². The second-order valence-corrected chi connectivity index (χ2v) is 6.42. The van der Waals surface area contributed by atoms with Crippen LogP contribution in [-0.2, 0) is 4.74 Å². The number of ether oxygens (including phenoxy) is 1. The lowest BCUT2D eigenvalue weighted by Gasteiger charge is -2.35. The van der Waals surface area contributed by atoms with Crippen molar-refractivity contribution >= 4 is 17.2 Å². The summed E-state index contributed by atoms with van der Waals surface area (Å²) in [7, 11) is 0. The number of aliphatic hydroxyl groups is 1. The van der Waals surface area contributed by atoms with Gasteiger partial charge >= 0.3 is 0 Å². The van der Waals surface area contributed by atoms with Crippen LogP contribution in [0.2, 0.25) is 0 Å². The SMILES string of the molecule is Cc1cc(C(=O)N2CC(C)OC(C)C2)sc1C#CCCO. The molecule has 1 aliphatic rings. The predicted molar refractivity (Wildman–Crippen MR) is 83.5 cm³/mol. The van der Waals surface area contributed by atoms with Gasteiger partial charge in [-0.25, -0.2) is 0 Å². The number of aryl methyl sites for hydroxylation is 1. The molecule has 1 amide bonds. The van der Waals surface area contributed by atoms with Crippen molar-refractivity contribution in [2.24, 2.45) is 0 Å². The van der Waals surface area contributed by atoms with Gasteiger partial charge < -0.3 is 14.7 Å². The fraction of sp³-hybridized carbons (Fsp3) is 0.562. The Morgan fingerprint density at radius 1 is 1.48 bits per heavy atom. The lowest BCUT2D eigenvalue weighted by molar-refractivity contribution is -0.0585. The number of morpholine rings is 1. The van der Waals surface area contributed by atoms with E-state index in [1.165, 1.54) is 11.3 Å². The van der Waals surface area contributed by atoms with Crippen LogP contribution in [0.1, 0.15) is 40.4 Å². The Bertz CT molecular complexity index is 560. The van der Waals surface area contributed by atoms with Gasteiger partial charge in [-0.1, -0.05) is 11.8 Å². The van der Waals surface area contributed by atoms with Crippen LogP contribution in [0.3, 0.4) is 0 Å². The molecule has 1 fully saturated rings. The maximum absolute atomic E-state index is 12.6. The zero-order valence-corrected chi connectivity index (χ0v) is 13.5. The number of rotatable bonds is 2. The highest BCUT2D eigenvalue weighted by Crippen LogP contribution is 2.24. The van der Waals surface area contributed by atoms with Gasteiger partial charge in [0, 0.05) is 19.5 Å². The third-order valence-corrected chi connectivity index (χ3v) is 4.41. The minimum atomic E-state index is 0.0558. The summed E-state index contributed by atoms with van der Waals surface area (Å²) in [5, 5.41) is 8.76. The van der Waals surface area contributed by atoms with Crippen molar-refractivity contribution in [3.63, 3.8) is 0 Å². The van der Waals surface area contributed by atoms with E-state index in [2.05, 4.69) is 11.8 Å². The molecule has 1 aromatic heterocycles. The van der Waals surface area contributed by atoms with E-state index in [0.717, 1.165) is 15.3 Å². The van der Waals surface area contributed by atoms with Crippen LogP contribution in [0.4, 0.5) is 0 Å². The van der Waals surface area contributed by atoms with Crippen molar-refractivity contribution in [2.45, 2.75) is 39.4 Å². The van der Waals surface area contributed by atoms with Crippen molar-refractivity contribution in [3.05, 3.63) is 21.4 Å². The molecule has 0 aromatic carbocycles. The molecule has 0 aliphatic carbocycles. The zero-order chi connectivity index (χ0) is 15.4. The molecule has 1 aliphatic heterocycles. The van der Waals surface area contributed by atoms with Crippen LogP contribution in [0.5, 0.6) is 0 Å². The second-order valence-electron chi connectivity index (χ2n) is 5.37. The molecule has 4 nitrogen and oxygen atoms in total. The molecule has 5 heteroatoms. The number of amides is 1. The molecule has 2 atom stereocenters. The monoisotopic (exact) mass is 307 g/mol. The Labute approximate surface area is 129 Å². The first-order chi connectivity index (χ1) is 10.0. The highest BCUT2D eigenvalue weighted by Gasteiger charge is 2.27. The first-order valence-corrected chi connectivity index (χ1v) is 7.97. The van der Waals surface area contributed by atoms with Crippen LogP contribution >= 0.6 is 11.3 Å². The minimum absolute atomic E-state index is 0.0558. The van der Waals surface area contributed by atoms with Crippen LogP contribution in [0.15, 0.2) is 6.07 Å². The average Bonchev–Trinajstić information content (AvgIpc) is 2.79. The maximum atomic E-state index is 12.6. The molecular formula is C16H21NO3S. The van der Waals surface area contributed by atoms with Crippen molar-refractivity contribution < 1.29 is 14.6 Å². The molecule has 114 valence electrons. The normalized spacial score (nSPS) is 21.8. The quantitative estimate of drug-likeness (QED) is 0.851. The molecule has 2 unspecified atom stereocenters. The molecule has 0 spiro atoms. The number of carbonyl (C=O) groups excluding carboxylic acids is 1. The lowest BCUT2D eigenvalue weighted by Crippen LogP contribution is -2.48. The topological polar surface area (TPSA) is 49.8 Å². The molecule has 1 aromatic rings. The van der Waals surface area contributed by atoms with Gasteiger partial charge in [-0.05, 0) is 32.4 Å². The molecular weight excluding hydrogens is 286 g/mol. The smallest absolute Gasteiger partial charge is 0.264 e. The summed E-state index contributed by atoms with van der Waals surface area (Å²) >= 11 is 1.43. The first kappa shape index (κ1) is 16.0. The summed E-state index contributed by atoms with van der Waals surface area (Å²) in [6.07, 6.45) is 0.601. The number of nitrogens with zero attached hydrogens (tertiary/aromatic N) is 1. The van der Waals surface area contributed by atoms with E-state index in [0.29, 0.717) is 19.5 Å². The van der Waals surface area contributed by atoms with Crippen LogP contribution in [0.25, 0.3) is 0 Å². The minimum Gasteiger partial charge on any atom is -0.395 e. The van der Waals surface area contributed by atoms with Gasteiger partial charge in [-0.2, -0.15) is 0 Å². The van der Waals surface area contributed by atoms with E-state index in [1.807, 2.05) is 31.7 Å². The van der Waals surface area contributed by atoms with Crippen LogP contribution < -0.4 is 0 Å². The lowest BCUT2D eigenvalue weighted by atomic mass is 10.2. The summed E-state index contributed by atoms with van der Waals surface area (Å²) < 4.78 is 5.66. The number of hydrogen-bond acceptors (Lipinski definition) is 4.